The first-order chi connectivity index (χ1) is 22.2. The smallest absolute Gasteiger partial charge is 0.329 e. The van der Waals surface area contributed by atoms with E-state index in [1.54, 1.807) is 18.9 Å². The van der Waals surface area contributed by atoms with Gasteiger partial charge in [-0.05, 0) is 60.4 Å². The van der Waals surface area contributed by atoms with Crippen LogP contribution in [-0.2, 0) is 32.2 Å². The molecular weight excluding hydrogens is 582 g/mol. The van der Waals surface area contributed by atoms with Crippen molar-refractivity contribution < 1.29 is 23.9 Å². The van der Waals surface area contributed by atoms with Gasteiger partial charge >= 0.3 is 6.03 Å². The van der Waals surface area contributed by atoms with Crippen LogP contribution >= 0.6 is 0 Å². The van der Waals surface area contributed by atoms with Crippen LogP contribution in [0.2, 0.25) is 0 Å². The van der Waals surface area contributed by atoms with Crippen molar-refractivity contribution in [2.45, 2.75) is 59.2 Å². The molecule has 244 valence electrons. The lowest BCUT2D eigenvalue weighted by molar-refractivity contribution is -0.179. The molecule has 2 atom stereocenters. The van der Waals surface area contributed by atoms with E-state index in [0.717, 1.165) is 32.7 Å². The van der Waals surface area contributed by atoms with Gasteiger partial charge in [0, 0.05) is 33.4 Å². The van der Waals surface area contributed by atoms with Crippen LogP contribution in [0.1, 0.15) is 38.8 Å². The molecule has 0 aliphatic heterocycles. The number of hydrogen-bond donors (Lipinski definition) is 3. The minimum absolute atomic E-state index is 0.154. The molecule has 0 spiro atoms. The van der Waals surface area contributed by atoms with Crippen molar-refractivity contribution in [2.24, 2.45) is 0 Å². The number of rotatable bonds is 15. The topological polar surface area (TPSA) is 112 Å². The molecule has 0 saturated heterocycles. The Kier molecular flexibility index (Phi) is 12.5. The quantitative estimate of drug-likeness (QED) is 0.127. The van der Waals surface area contributed by atoms with E-state index >= 15 is 0 Å². The number of nitrogens with zero attached hydrogens (tertiary/aromatic N) is 2. The number of likely N-dealkylation sites (N-methyl/N-ethyl adjacent to an activating group) is 1. The molecule has 0 aromatic heterocycles. The van der Waals surface area contributed by atoms with Crippen molar-refractivity contribution in [3.05, 3.63) is 96.1 Å². The van der Waals surface area contributed by atoms with Gasteiger partial charge < -0.3 is 25.0 Å². The minimum Gasteiger partial charge on any atom is -0.351 e. The minimum atomic E-state index is -0.845. The van der Waals surface area contributed by atoms with Crippen LogP contribution in [0.3, 0.4) is 0 Å². The highest BCUT2D eigenvalue weighted by Crippen LogP contribution is 2.23. The summed E-state index contributed by atoms with van der Waals surface area (Å²) in [6.45, 7) is 8.63. The maximum absolute atomic E-state index is 14.0. The first kappa shape index (κ1) is 34.4. The van der Waals surface area contributed by atoms with Crippen LogP contribution in [0, 0.1) is 0 Å². The molecule has 3 N–H and O–H groups in total. The Morgan fingerprint density at radius 1 is 0.761 bits per heavy atom. The van der Waals surface area contributed by atoms with Crippen molar-refractivity contribution >= 4 is 39.4 Å². The molecule has 0 unspecified atom stereocenters. The van der Waals surface area contributed by atoms with Gasteiger partial charge in [-0.25, -0.2) is 9.80 Å². The molecule has 0 fully saturated rings. The van der Waals surface area contributed by atoms with E-state index in [9.17, 15) is 14.4 Å². The van der Waals surface area contributed by atoms with Crippen molar-refractivity contribution in [3.63, 3.8) is 0 Å². The lowest BCUT2D eigenvalue weighted by atomic mass is 10.0. The maximum Gasteiger partial charge on any atom is 0.329 e. The summed E-state index contributed by atoms with van der Waals surface area (Å²) < 4.78 is 11.7. The number of amides is 4. The number of carbonyl (C=O) groups is 3. The van der Waals surface area contributed by atoms with Crippen LogP contribution in [0.15, 0.2) is 84.9 Å². The number of benzene rings is 4. The zero-order valence-electron chi connectivity index (χ0n) is 27.3. The normalized spacial score (nSPS) is 12.7. The Morgan fingerprint density at radius 3 is 1.91 bits per heavy atom. The third-order valence-corrected chi connectivity index (χ3v) is 7.79. The molecule has 0 radical (unpaired) electrons. The average Bonchev–Trinajstić information content (AvgIpc) is 3.05. The first-order valence-corrected chi connectivity index (χ1v) is 15.7. The first-order valence-electron chi connectivity index (χ1n) is 15.7. The zero-order chi connectivity index (χ0) is 33.1. The van der Waals surface area contributed by atoms with Crippen LogP contribution < -0.4 is 16.1 Å². The van der Waals surface area contributed by atoms with E-state index in [1.165, 1.54) is 5.01 Å². The zero-order valence-corrected chi connectivity index (χ0v) is 27.3. The Balaban J connectivity index is 1.38. The number of hydrazine groups is 1. The molecular formula is C36H45N5O5. The Hall–Kier alpha value is -4.51. The molecule has 0 aliphatic carbocycles. The fourth-order valence-electron chi connectivity index (χ4n) is 5.53. The largest absolute Gasteiger partial charge is 0.351 e. The van der Waals surface area contributed by atoms with E-state index in [4.69, 9.17) is 9.47 Å². The lowest BCUT2D eigenvalue weighted by Gasteiger charge is -2.36. The van der Waals surface area contributed by atoms with Crippen molar-refractivity contribution in [3.8, 4) is 0 Å². The molecule has 0 bridgehead atoms. The summed E-state index contributed by atoms with van der Waals surface area (Å²) in [5.74, 6) is -0.691. The summed E-state index contributed by atoms with van der Waals surface area (Å²) in [6.07, 6.45) is -0.639. The van der Waals surface area contributed by atoms with Gasteiger partial charge in [-0.15, -0.1) is 0 Å². The molecule has 4 rings (SSSR count). The molecule has 0 heterocycles. The Bertz CT molecular complexity index is 1610. The van der Waals surface area contributed by atoms with Crippen molar-refractivity contribution in [1.29, 1.82) is 0 Å². The van der Waals surface area contributed by atoms with Gasteiger partial charge in [-0.2, -0.15) is 0 Å². The van der Waals surface area contributed by atoms with Crippen LogP contribution in [0.25, 0.3) is 21.5 Å². The highest BCUT2D eigenvalue weighted by Gasteiger charge is 2.32. The monoisotopic (exact) mass is 627 g/mol. The van der Waals surface area contributed by atoms with Crippen LogP contribution in [-0.4, -0.2) is 72.9 Å². The van der Waals surface area contributed by atoms with Gasteiger partial charge in [0.25, 0.3) is 0 Å². The number of carbonyl (C=O) groups excluding carboxylic acids is 3. The molecule has 4 aromatic rings. The van der Waals surface area contributed by atoms with E-state index in [0.29, 0.717) is 26.3 Å². The van der Waals surface area contributed by atoms with Crippen molar-refractivity contribution in [1.82, 2.24) is 26.0 Å². The highest BCUT2D eigenvalue weighted by atomic mass is 16.7. The summed E-state index contributed by atoms with van der Waals surface area (Å²) in [5.41, 5.74) is 4.62. The van der Waals surface area contributed by atoms with E-state index in [2.05, 4.69) is 16.1 Å². The number of hydrogen-bond acceptors (Lipinski definition) is 6. The SMILES string of the molecule is CCOC(OCC)[C@H](C)N(Cc1cccc2ccccc12)C(=O)[C@H](C)NC(=O)CN(C)NC(=O)NCc1cccc2ccccc12. The molecule has 46 heavy (non-hydrogen) atoms. The standard InChI is InChI=1S/C36H45N5O5/c1-6-45-35(46-7-2)26(4)41(23-30-19-13-17-28-15-9-11-21-32(28)30)34(43)25(3)38-33(42)24-40(5)39-36(44)37-22-29-18-12-16-27-14-8-10-20-31(27)29/h8-21,25-26,35H,6-7,22-24H2,1-5H3,(H,38,42)(H2,37,39,44)/t25-,26-/m0/s1. The molecule has 4 amide bonds. The molecule has 0 aliphatic rings. The second-order valence-corrected chi connectivity index (χ2v) is 11.2. The lowest BCUT2D eigenvalue weighted by Crippen LogP contribution is -2.55. The van der Waals surface area contributed by atoms with E-state index in [-0.39, 0.29) is 12.5 Å². The summed E-state index contributed by atoms with van der Waals surface area (Å²) in [5, 5.41) is 11.3. The van der Waals surface area contributed by atoms with Crippen LogP contribution in [0.4, 0.5) is 4.79 Å². The summed E-state index contributed by atoms with van der Waals surface area (Å²) in [7, 11) is 1.59. The molecule has 10 nitrogen and oxygen atoms in total. The van der Waals surface area contributed by atoms with Gasteiger partial charge in [-0.3, -0.25) is 15.0 Å². The fraction of sp³-hybridized carbons (Fsp3) is 0.361. The summed E-state index contributed by atoms with van der Waals surface area (Å²) >= 11 is 0. The van der Waals surface area contributed by atoms with Gasteiger partial charge in [0.05, 0.1) is 12.6 Å². The Labute approximate surface area is 271 Å². The number of urea groups is 1. The summed E-state index contributed by atoms with van der Waals surface area (Å²) in [4.78, 5) is 41.2. The molecule has 4 aromatic carbocycles. The average molecular weight is 628 g/mol. The highest BCUT2D eigenvalue weighted by molar-refractivity contribution is 5.90. The third-order valence-electron chi connectivity index (χ3n) is 7.79. The number of ether oxygens (including phenoxy) is 2. The maximum atomic E-state index is 14.0. The second-order valence-electron chi connectivity index (χ2n) is 11.2. The van der Waals surface area contributed by atoms with E-state index < -0.39 is 30.3 Å². The predicted molar refractivity (Wildman–Crippen MR) is 181 cm³/mol. The third kappa shape index (κ3) is 9.03. The van der Waals surface area contributed by atoms with Gasteiger partial charge in [0.1, 0.15) is 6.04 Å². The second kappa shape index (κ2) is 16.7. The van der Waals surface area contributed by atoms with Crippen molar-refractivity contribution in [2.75, 3.05) is 26.8 Å². The van der Waals surface area contributed by atoms with Gasteiger partial charge in [0.15, 0.2) is 6.29 Å². The predicted octanol–water partition coefficient (Wildman–Crippen LogP) is 4.96. The van der Waals surface area contributed by atoms with Crippen LogP contribution in [0.5, 0.6) is 0 Å². The fourth-order valence-corrected chi connectivity index (χ4v) is 5.53. The van der Waals surface area contributed by atoms with E-state index in [1.807, 2.05) is 106 Å². The number of fused-ring (bicyclic) bond motifs is 2. The molecule has 10 heteroatoms. The summed E-state index contributed by atoms with van der Waals surface area (Å²) in [6, 6.07) is 26.2. The van der Waals surface area contributed by atoms with Gasteiger partial charge in [0.2, 0.25) is 11.8 Å². The van der Waals surface area contributed by atoms with Gasteiger partial charge in [-0.1, -0.05) is 84.9 Å². The Morgan fingerprint density at radius 2 is 1.30 bits per heavy atom. The number of nitrogens with one attached hydrogen (secondary N) is 3. The molecule has 0 saturated carbocycles.